The highest BCUT2D eigenvalue weighted by Gasteiger charge is 2.22. The summed E-state index contributed by atoms with van der Waals surface area (Å²) in [6.45, 7) is 3.42. The first-order valence-corrected chi connectivity index (χ1v) is 9.16. The van der Waals surface area contributed by atoms with E-state index in [2.05, 4.69) is 40.0 Å². The normalized spacial score (nSPS) is 14.6. The molecule has 0 N–H and O–H groups in total. The molecule has 0 bridgehead atoms. The van der Waals surface area contributed by atoms with Gasteiger partial charge in [0.05, 0.1) is 17.3 Å². The maximum absolute atomic E-state index is 4.50. The molecule has 0 atom stereocenters. The molecular weight excluding hydrogens is 354 g/mol. The fourth-order valence-electron chi connectivity index (χ4n) is 3.51. The Bertz CT molecular complexity index is 1080. The van der Waals surface area contributed by atoms with Crippen molar-refractivity contribution >= 4 is 22.7 Å². The summed E-state index contributed by atoms with van der Waals surface area (Å²) in [7, 11) is 1.89. The van der Waals surface area contributed by atoms with Crippen LogP contribution in [-0.4, -0.2) is 61.1 Å². The molecular formula is C19H19N9. The smallest absolute Gasteiger partial charge is 0.163 e. The van der Waals surface area contributed by atoms with E-state index in [0.29, 0.717) is 0 Å². The second-order valence-electron chi connectivity index (χ2n) is 6.70. The number of hydrogen-bond donors (Lipinski definition) is 0. The summed E-state index contributed by atoms with van der Waals surface area (Å²) in [5.74, 6) is 1.83. The van der Waals surface area contributed by atoms with Gasteiger partial charge in [-0.15, -0.1) is 10.2 Å². The maximum atomic E-state index is 4.50. The van der Waals surface area contributed by atoms with Gasteiger partial charge in [-0.1, -0.05) is 0 Å². The first kappa shape index (κ1) is 16.5. The van der Waals surface area contributed by atoms with Crippen molar-refractivity contribution in [1.82, 2.24) is 34.9 Å². The van der Waals surface area contributed by atoms with Gasteiger partial charge in [0.1, 0.15) is 12.1 Å². The van der Waals surface area contributed by atoms with Gasteiger partial charge >= 0.3 is 0 Å². The monoisotopic (exact) mass is 373 g/mol. The number of anilines is 2. The average Bonchev–Trinajstić information content (AvgIpc) is 3.16. The Balaban J connectivity index is 1.30. The molecule has 0 amide bonds. The molecule has 0 spiro atoms. The molecule has 9 heteroatoms. The van der Waals surface area contributed by atoms with Crippen molar-refractivity contribution in [2.24, 2.45) is 7.05 Å². The number of fused-ring (bicyclic) bond motifs is 1. The fourth-order valence-corrected chi connectivity index (χ4v) is 3.51. The van der Waals surface area contributed by atoms with E-state index in [-0.39, 0.29) is 0 Å². The van der Waals surface area contributed by atoms with Crippen LogP contribution in [0.2, 0.25) is 0 Å². The molecule has 5 rings (SSSR count). The third kappa shape index (κ3) is 2.90. The van der Waals surface area contributed by atoms with Crippen molar-refractivity contribution in [2.75, 3.05) is 36.0 Å². The second kappa shape index (κ2) is 6.84. The van der Waals surface area contributed by atoms with Crippen molar-refractivity contribution in [3.63, 3.8) is 0 Å². The molecule has 1 fully saturated rings. The summed E-state index contributed by atoms with van der Waals surface area (Å²) in [4.78, 5) is 17.5. The molecule has 1 aliphatic heterocycles. The minimum Gasteiger partial charge on any atom is -0.352 e. The predicted molar refractivity (Wildman–Crippen MR) is 106 cm³/mol. The van der Waals surface area contributed by atoms with Crippen LogP contribution in [0.15, 0.2) is 49.2 Å². The molecule has 0 radical (unpaired) electrons. The van der Waals surface area contributed by atoms with Crippen molar-refractivity contribution in [1.29, 1.82) is 0 Å². The highest BCUT2D eigenvalue weighted by molar-refractivity contribution is 5.86. The number of nitrogens with zero attached hydrogens (tertiary/aromatic N) is 9. The molecule has 0 saturated carbocycles. The summed E-state index contributed by atoms with van der Waals surface area (Å²) >= 11 is 0. The third-order valence-electron chi connectivity index (χ3n) is 5.02. The van der Waals surface area contributed by atoms with E-state index in [4.69, 9.17) is 0 Å². The number of hydrogen-bond acceptors (Lipinski definition) is 8. The van der Waals surface area contributed by atoms with Crippen LogP contribution in [0.5, 0.6) is 0 Å². The molecule has 4 aromatic heterocycles. The Labute approximate surface area is 161 Å². The number of pyridine rings is 1. The van der Waals surface area contributed by atoms with Crippen LogP contribution in [-0.2, 0) is 7.05 Å². The van der Waals surface area contributed by atoms with Gasteiger partial charge in [-0.3, -0.25) is 9.67 Å². The summed E-state index contributed by atoms with van der Waals surface area (Å²) in [6.07, 6.45) is 6.99. The Hall–Kier alpha value is -3.62. The van der Waals surface area contributed by atoms with Gasteiger partial charge in [-0.2, -0.15) is 5.10 Å². The lowest BCUT2D eigenvalue weighted by molar-refractivity contribution is 0.639. The first-order chi connectivity index (χ1) is 13.8. The van der Waals surface area contributed by atoms with Gasteiger partial charge in [0.15, 0.2) is 11.5 Å². The zero-order chi connectivity index (χ0) is 18.9. The van der Waals surface area contributed by atoms with Crippen LogP contribution in [0, 0.1) is 0 Å². The second-order valence-corrected chi connectivity index (χ2v) is 6.70. The maximum Gasteiger partial charge on any atom is 0.163 e. The topological polar surface area (TPSA) is 88.8 Å². The molecule has 5 heterocycles. The van der Waals surface area contributed by atoms with Crippen molar-refractivity contribution in [3.8, 4) is 11.3 Å². The highest BCUT2D eigenvalue weighted by Crippen LogP contribution is 2.24. The molecule has 0 aromatic carbocycles. The standard InChI is InChI=1S/C19H19N9/c1-26-18-15(12-23-26)19(22-13-21-18)28-9-7-27(8-10-28)17-5-4-16(24-25-17)14-3-2-6-20-11-14/h2-6,11-13H,7-10H2,1H3. The minimum atomic E-state index is 0.829. The van der Waals surface area contributed by atoms with Crippen LogP contribution in [0.25, 0.3) is 22.3 Å². The molecule has 140 valence electrons. The fraction of sp³-hybridized carbons (Fsp3) is 0.263. The van der Waals surface area contributed by atoms with Gasteiger partial charge in [0.25, 0.3) is 0 Å². The van der Waals surface area contributed by atoms with Crippen LogP contribution in [0.1, 0.15) is 0 Å². The van der Waals surface area contributed by atoms with E-state index >= 15 is 0 Å². The van der Waals surface area contributed by atoms with E-state index in [1.807, 2.05) is 37.5 Å². The van der Waals surface area contributed by atoms with E-state index < -0.39 is 0 Å². The summed E-state index contributed by atoms with van der Waals surface area (Å²) in [6, 6.07) is 7.90. The number of aromatic nitrogens is 7. The van der Waals surface area contributed by atoms with Gasteiger partial charge in [0.2, 0.25) is 0 Å². The van der Waals surface area contributed by atoms with Gasteiger partial charge in [-0.05, 0) is 24.3 Å². The van der Waals surface area contributed by atoms with Crippen molar-refractivity contribution in [3.05, 3.63) is 49.2 Å². The lowest BCUT2D eigenvalue weighted by Gasteiger charge is -2.35. The molecule has 1 saturated heterocycles. The van der Waals surface area contributed by atoms with E-state index in [1.54, 1.807) is 23.4 Å². The Morgan fingerprint density at radius 3 is 2.50 bits per heavy atom. The molecule has 9 nitrogen and oxygen atoms in total. The Kier molecular flexibility index (Phi) is 4.04. The predicted octanol–water partition coefficient (Wildman–Crippen LogP) is 1.54. The lowest BCUT2D eigenvalue weighted by Crippen LogP contribution is -2.47. The van der Waals surface area contributed by atoms with Crippen LogP contribution in [0.3, 0.4) is 0 Å². The number of piperazine rings is 1. The first-order valence-electron chi connectivity index (χ1n) is 9.16. The molecule has 4 aromatic rings. The molecule has 0 aliphatic carbocycles. The van der Waals surface area contributed by atoms with E-state index in [1.165, 1.54) is 0 Å². The average molecular weight is 373 g/mol. The van der Waals surface area contributed by atoms with Gasteiger partial charge < -0.3 is 9.80 Å². The van der Waals surface area contributed by atoms with Crippen molar-refractivity contribution < 1.29 is 0 Å². The molecule has 28 heavy (non-hydrogen) atoms. The van der Waals surface area contributed by atoms with E-state index in [0.717, 1.165) is 60.1 Å². The SMILES string of the molecule is Cn1ncc2c(N3CCN(c4ccc(-c5cccnc5)nn4)CC3)ncnc21. The zero-order valence-electron chi connectivity index (χ0n) is 15.5. The number of rotatable bonds is 3. The molecule has 1 aliphatic rings. The van der Waals surface area contributed by atoms with Crippen LogP contribution in [0.4, 0.5) is 11.6 Å². The van der Waals surface area contributed by atoms with Crippen molar-refractivity contribution in [2.45, 2.75) is 0 Å². The Morgan fingerprint density at radius 1 is 0.893 bits per heavy atom. The number of aryl methyl sites for hydroxylation is 1. The third-order valence-corrected chi connectivity index (χ3v) is 5.02. The summed E-state index contributed by atoms with van der Waals surface area (Å²) in [5, 5.41) is 14.1. The van der Waals surface area contributed by atoms with Gasteiger partial charge in [0, 0.05) is 51.2 Å². The van der Waals surface area contributed by atoms with Crippen LogP contribution >= 0.6 is 0 Å². The molecule has 0 unspecified atom stereocenters. The Morgan fingerprint density at radius 2 is 1.75 bits per heavy atom. The summed E-state index contributed by atoms with van der Waals surface area (Å²) in [5.41, 5.74) is 2.65. The van der Waals surface area contributed by atoms with Gasteiger partial charge in [-0.25, -0.2) is 9.97 Å². The summed E-state index contributed by atoms with van der Waals surface area (Å²) < 4.78 is 1.77. The quantitative estimate of drug-likeness (QED) is 0.534. The van der Waals surface area contributed by atoms with Crippen LogP contribution < -0.4 is 9.80 Å². The van der Waals surface area contributed by atoms with E-state index in [9.17, 15) is 0 Å². The lowest BCUT2D eigenvalue weighted by atomic mass is 10.2. The minimum absolute atomic E-state index is 0.829. The largest absolute Gasteiger partial charge is 0.352 e. The highest BCUT2D eigenvalue weighted by atomic mass is 15.3. The zero-order valence-corrected chi connectivity index (χ0v) is 15.5.